The second-order valence-electron chi connectivity index (χ2n) is 6.20. The topological polar surface area (TPSA) is 61.8 Å². The van der Waals surface area contributed by atoms with Crippen LogP contribution >= 0.6 is 0 Å². The molecule has 0 N–H and O–H groups in total. The number of ketones is 1. The molecule has 5 heteroatoms. The molecule has 0 saturated heterocycles. The molecule has 0 atom stereocenters. The lowest BCUT2D eigenvalue weighted by molar-refractivity contribution is -0.136. The molecule has 27 heavy (non-hydrogen) atoms. The van der Waals surface area contributed by atoms with Crippen LogP contribution < -0.4 is 9.47 Å². The van der Waals surface area contributed by atoms with Gasteiger partial charge < -0.3 is 14.2 Å². The number of aryl methyl sites for hydroxylation is 3. The van der Waals surface area contributed by atoms with Crippen LogP contribution in [0.5, 0.6) is 11.5 Å². The van der Waals surface area contributed by atoms with Gasteiger partial charge in [-0.25, -0.2) is 4.79 Å². The average molecular weight is 368 g/mol. The normalized spacial score (nSPS) is 10.7. The lowest BCUT2D eigenvalue weighted by Crippen LogP contribution is -2.14. The second-order valence-corrected chi connectivity index (χ2v) is 6.20. The third-order valence-corrected chi connectivity index (χ3v) is 4.32. The number of ether oxygens (including phenoxy) is 3. The number of hydrogen-bond donors (Lipinski definition) is 0. The molecular weight excluding hydrogens is 344 g/mol. The van der Waals surface area contributed by atoms with E-state index in [-0.39, 0.29) is 12.4 Å². The Hall–Kier alpha value is -3.08. The van der Waals surface area contributed by atoms with E-state index < -0.39 is 5.97 Å². The molecule has 2 rings (SSSR count). The average Bonchev–Trinajstić information content (AvgIpc) is 2.66. The number of carbonyl (C=O) groups excluding carboxylic acids is 2. The molecule has 142 valence electrons. The third-order valence-electron chi connectivity index (χ3n) is 4.32. The largest absolute Gasteiger partial charge is 0.493 e. The van der Waals surface area contributed by atoms with Crippen LogP contribution in [-0.2, 0) is 9.53 Å². The number of methoxy groups -OCH3 is 2. The summed E-state index contributed by atoms with van der Waals surface area (Å²) in [5.74, 6) is 0.255. The minimum absolute atomic E-state index is 0.226. The summed E-state index contributed by atoms with van der Waals surface area (Å²) in [5, 5.41) is 0. The van der Waals surface area contributed by atoms with Crippen molar-refractivity contribution in [3.8, 4) is 11.5 Å². The zero-order valence-corrected chi connectivity index (χ0v) is 16.3. The summed E-state index contributed by atoms with van der Waals surface area (Å²) in [6, 6.07) is 9.13. The Morgan fingerprint density at radius 2 is 1.67 bits per heavy atom. The van der Waals surface area contributed by atoms with Crippen LogP contribution in [0.2, 0.25) is 0 Å². The maximum atomic E-state index is 12.4. The van der Waals surface area contributed by atoms with Gasteiger partial charge in [-0.15, -0.1) is 0 Å². The van der Waals surface area contributed by atoms with Gasteiger partial charge in [0.25, 0.3) is 0 Å². The number of hydrogen-bond acceptors (Lipinski definition) is 5. The summed E-state index contributed by atoms with van der Waals surface area (Å²) in [4.78, 5) is 24.3. The highest BCUT2D eigenvalue weighted by Gasteiger charge is 2.13. The van der Waals surface area contributed by atoms with Gasteiger partial charge in [-0.1, -0.05) is 18.2 Å². The maximum Gasteiger partial charge on any atom is 0.331 e. The van der Waals surface area contributed by atoms with Crippen molar-refractivity contribution < 1.29 is 23.8 Å². The van der Waals surface area contributed by atoms with Crippen LogP contribution in [0.25, 0.3) is 6.08 Å². The lowest BCUT2D eigenvalue weighted by Gasteiger charge is -2.10. The Morgan fingerprint density at radius 1 is 0.963 bits per heavy atom. The lowest BCUT2D eigenvalue weighted by atomic mass is 9.98. The first-order valence-electron chi connectivity index (χ1n) is 8.54. The fourth-order valence-electron chi connectivity index (χ4n) is 2.72. The summed E-state index contributed by atoms with van der Waals surface area (Å²) in [7, 11) is 3.07. The predicted molar refractivity (Wildman–Crippen MR) is 105 cm³/mol. The molecule has 2 aromatic rings. The maximum absolute atomic E-state index is 12.4. The first-order chi connectivity index (χ1) is 12.9. The van der Waals surface area contributed by atoms with Crippen LogP contribution in [0.3, 0.4) is 0 Å². The van der Waals surface area contributed by atoms with E-state index in [9.17, 15) is 9.59 Å². The highest BCUT2D eigenvalue weighted by atomic mass is 16.5. The quantitative estimate of drug-likeness (QED) is 0.419. The van der Waals surface area contributed by atoms with Gasteiger partial charge >= 0.3 is 5.97 Å². The predicted octanol–water partition coefficient (Wildman–Crippen LogP) is 4.07. The van der Waals surface area contributed by atoms with Gasteiger partial charge in [0.1, 0.15) is 0 Å². The Bertz CT molecular complexity index is 881. The van der Waals surface area contributed by atoms with E-state index in [0.717, 1.165) is 16.7 Å². The van der Waals surface area contributed by atoms with Gasteiger partial charge in [0.05, 0.1) is 14.2 Å². The molecule has 5 nitrogen and oxygen atoms in total. The van der Waals surface area contributed by atoms with Crippen LogP contribution in [0.15, 0.2) is 36.4 Å². The molecule has 0 aromatic heterocycles. The van der Waals surface area contributed by atoms with E-state index in [1.54, 1.807) is 31.4 Å². The van der Waals surface area contributed by atoms with Crippen molar-refractivity contribution in [2.45, 2.75) is 20.8 Å². The Balaban J connectivity index is 2.04. The SMILES string of the molecule is COc1cccc(/C=C/C(=O)OCC(=O)c2cc(C)c(C)cc2C)c1OC. The Kier molecular flexibility index (Phi) is 6.77. The van der Waals surface area contributed by atoms with Crippen LogP contribution in [-0.4, -0.2) is 32.6 Å². The smallest absolute Gasteiger partial charge is 0.331 e. The molecule has 0 heterocycles. The summed E-state index contributed by atoms with van der Waals surface area (Å²) >= 11 is 0. The van der Waals surface area contributed by atoms with E-state index in [2.05, 4.69) is 0 Å². The molecule has 0 aliphatic rings. The number of rotatable bonds is 7. The van der Waals surface area contributed by atoms with E-state index in [0.29, 0.717) is 22.6 Å². The van der Waals surface area contributed by atoms with E-state index in [1.165, 1.54) is 13.2 Å². The first kappa shape index (κ1) is 20.2. The Labute approximate surface area is 159 Å². The van der Waals surface area contributed by atoms with Crippen molar-refractivity contribution in [3.63, 3.8) is 0 Å². The van der Waals surface area contributed by atoms with Crippen LogP contribution in [0.1, 0.15) is 32.6 Å². The van der Waals surface area contributed by atoms with Crippen molar-refractivity contribution in [1.29, 1.82) is 0 Å². The van der Waals surface area contributed by atoms with Gasteiger partial charge in [-0.2, -0.15) is 0 Å². The van der Waals surface area contributed by atoms with E-state index in [1.807, 2.05) is 32.9 Å². The third kappa shape index (κ3) is 4.97. The fourth-order valence-corrected chi connectivity index (χ4v) is 2.72. The molecule has 0 saturated carbocycles. The van der Waals surface area contributed by atoms with Crippen molar-refractivity contribution in [3.05, 3.63) is 64.2 Å². The van der Waals surface area contributed by atoms with Gasteiger partial charge in [-0.3, -0.25) is 4.79 Å². The molecule has 0 unspecified atom stereocenters. The van der Waals surface area contributed by atoms with Gasteiger partial charge in [0.15, 0.2) is 18.1 Å². The number of Topliss-reactive ketones (excluding diaryl/α,β-unsaturated/α-hetero) is 1. The molecule has 0 spiro atoms. The molecule has 0 fully saturated rings. The van der Waals surface area contributed by atoms with Crippen molar-refractivity contribution in [2.24, 2.45) is 0 Å². The van der Waals surface area contributed by atoms with Gasteiger partial charge in [0, 0.05) is 17.2 Å². The molecule has 0 aliphatic carbocycles. The number of esters is 1. The van der Waals surface area contributed by atoms with Crippen LogP contribution in [0.4, 0.5) is 0 Å². The molecule has 0 aliphatic heterocycles. The van der Waals surface area contributed by atoms with Crippen LogP contribution in [0, 0.1) is 20.8 Å². The van der Waals surface area contributed by atoms with Crippen molar-refractivity contribution in [2.75, 3.05) is 20.8 Å². The van der Waals surface area contributed by atoms with Crippen molar-refractivity contribution >= 4 is 17.8 Å². The van der Waals surface area contributed by atoms with E-state index >= 15 is 0 Å². The highest BCUT2D eigenvalue weighted by Crippen LogP contribution is 2.31. The summed E-state index contributed by atoms with van der Waals surface area (Å²) in [6.45, 7) is 5.51. The number of benzene rings is 2. The summed E-state index contributed by atoms with van der Waals surface area (Å²) < 4.78 is 15.6. The summed E-state index contributed by atoms with van der Waals surface area (Å²) in [6.07, 6.45) is 2.83. The molecule has 0 radical (unpaired) electrons. The molecular formula is C22H24O5. The zero-order chi connectivity index (χ0) is 20.0. The highest BCUT2D eigenvalue weighted by molar-refractivity contribution is 6.00. The minimum Gasteiger partial charge on any atom is -0.493 e. The standard InChI is InChI=1S/C22H24O5/c1-14-11-16(3)18(12-15(14)2)19(23)13-27-21(24)10-9-17-7-6-8-20(25-4)22(17)26-5/h6-12H,13H2,1-5H3/b10-9+. The van der Waals surface area contributed by atoms with Crippen molar-refractivity contribution in [1.82, 2.24) is 0 Å². The monoisotopic (exact) mass is 368 g/mol. The first-order valence-corrected chi connectivity index (χ1v) is 8.54. The minimum atomic E-state index is -0.602. The fraction of sp³-hybridized carbons (Fsp3) is 0.273. The van der Waals surface area contributed by atoms with E-state index in [4.69, 9.17) is 14.2 Å². The Morgan fingerprint density at radius 3 is 2.33 bits per heavy atom. The van der Waals surface area contributed by atoms with Gasteiger partial charge in [-0.05, 0) is 55.7 Å². The van der Waals surface area contributed by atoms with Gasteiger partial charge in [0.2, 0.25) is 5.78 Å². The number of para-hydroxylation sites is 1. The zero-order valence-electron chi connectivity index (χ0n) is 16.3. The number of carbonyl (C=O) groups is 2. The summed E-state index contributed by atoms with van der Waals surface area (Å²) in [5.41, 5.74) is 4.27. The molecule has 0 bridgehead atoms. The molecule has 2 aromatic carbocycles. The second kappa shape index (κ2) is 9.03. The molecule has 0 amide bonds.